The van der Waals surface area contributed by atoms with E-state index < -0.39 is 15.9 Å². The van der Waals surface area contributed by atoms with Gasteiger partial charge in [0, 0.05) is 18.2 Å². The smallest absolute Gasteiger partial charge is 0.281 e. The Morgan fingerprint density at radius 2 is 1.86 bits per heavy atom. The largest absolute Gasteiger partial charge is 0.380 e. The standard InChI is InChI=1S/C25H24ClN3O4S2/c1-3-33-15-14-29-22-13-10-18(26)16-23(22)34-25(29)27-24(30)20-6-4-5-7-21(20)28-35(31,32)19-11-8-17(2)9-12-19/h4-13,16,28H,3,14-15H2,1-2H3. The molecule has 0 saturated carbocycles. The van der Waals surface area contributed by atoms with Crippen LogP contribution in [0.1, 0.15) is 22.8 Å². The van der Waals surface area contributed by atoms with E-state index in [1.165, 1.54) is 23.5 Å². The number of halogens is 1. The molecule has 0 saturated heterocycles. The SMILES string of the molecule is CCOCCn1c(=NC(=O)c2ccccc2NS(=O)(=O)c2ccc(C)cc2)sc2cc(Cl)ccc21. The number of para-hydroxylation sites is 1. The zero-order chi connectivity index (χ0) is 25.0. The van der Waals surface area contributed by atoms with E-state index in [1.807, 2.05) is 30.5 Å². The van der Waals surface area contributed by atoms with Gasteiger partial charge >= 0.3 is 0 Å². The molecule has 4 rings (SSSR count). The van der Waals surface area contributed by atoms with Crippen molar-refractivity contribution in [1.29, 1.82) is 0 Å². The summed E-state index contributed by atoms with van der Waals surface area (Å²) in [6.45, 7) is 5.33. The summed E-state index contributed by atoms with van der Waals surface area (Å²) in [4.78, 5) is 18.2. The monoisotopic (exact) mass is 529 g/mol. The van der Waals surface area contributed by atoms with Crippen LogP contribution in [0.25, 0.3) is 10.2 Å². The van der Waals surface area contributed by atoms with Gasteiger partial charge < -0.3 is 9.30 Å². The Labute approximate surface area is 212 Å². The zero-order valence-electron chi connectivity index (χ0n) is 19.2. The van der Waals surface area contributed by atoms with Crippen molar-refractivity contribution >= 4 is 54.8 Å². The number of nitrogens with zero attached hydrogens (tertiary/aromatic N) is 2. The minimum absolute atomic E-state index is 0.109. The molecule has 3 aromatic carbocycles. The van der Waals surface area contributed by atoms with Crippen molar-refractivity contribution in [3.8, 4) is 0 Å². The van der Waals surface area contributed by atoms with E-state index in [-0.39, 0.29) is 16.1 Å². The molecule has 35 heavy (non-hydrogen) atoms. The summed E-state index contributed by atoms with van der Waals surface area (Å²) < 4.78 is 36.7. The number of thiazole rings is 1. The van der Waals surface area contributed by atoms with Gasteiger partial charge in [-0.3, -0.25) is 9.52 Å². The third-order valence-electron chi connectivity index (χ3n) is 5.24. The first-order valence-electron chi connectivity index (χ1n) is 10.9. The van der Waals surface area contributed by atoms with E-state index in [2.05, 4.69) is 9.71 Å². The average molecular weight is 530 g/mol. The van der Waals surface area contributed by atoms with Gasteiger partial charge in [-0.15, -0.1) is 0 Å². The second-order valence-electron chi connectivity index (χ2n) is 7.73. The highest BCUT2D eigenvalue weighted by Gasteiger charge is 2.19. The molecular weight excluding hydrogens is 506 g/mol. The van der Waals surface area contributed by atoms with Crippen molar-refractivity contribution in [1.82, 2.24) is 4.57 Å². The summed E-state index contributed by atoms with van der Waals surface area (Å²) in [5.41, 5.74) is 2.14. The number of ether oxygens (including phenoxy) is 1. The van der Waals surface area contributed by atoms with Crippen LogP contribution < -0.4 is 9.52 Å². The number of amides is 1. The van der Waals surface area contributed by atoms with Crippen LogP contribution in [0.15, 0.2) is 76.6 Å². The predicted molar refractivity (Wildman–Crippen MR) is 140 cm³/mol. The Hall–Kier alpha value is -2.98. The molecule has 1 heterocycles. The molecule has 0 fully saturated rings. The van der Waals surface area contributed by atoms with Crippen molar-refractivity contribution in [2.24, 2.45) is 4.99 Å². The molecular formula is C25H24ClN3O4S2. The van der Waals surface area contributed by atoms with Gasteiger partial charge in [0.25, 0.3) is 15.9 Å². The summed E-state index contributed by atoms with van der Waals surface area (Å²) in [6.07, 6.45) is 0. The summed E-state index contributed by atoms with van der Waals surface area (Å²) in [5.74, 6) is -0.560. The summed E-state index contributed by atoms with van der Waals surface area (Å²) >= 11 is 7.49. The van der Waals surface area contributed by atoms with E-state index in [0.29, 0.717) is 29.6 Å². The van der Waals surface area contributed by atoms with Gasteiger partial charge in [0.15, 0.2) is 4.80 Å². The van der Waals surface area contributed by atoms with Crippen molar-refractivity contribution in [2.75, 3.05) is 17.9 Å². The normalized spacial score (nSPS) is 12.3. The fourth-order valence-corrected chi connectivity index (χ4v) is 5.89. The third-order valence-corrected chi connectivity index (χ3v) is 7.90. The molecule has 4 aromatic rings. The van der Waals surface area contributed by atoms with Crippen LogP contribution in [0.3, 0.4) is 0 Å². The predicted octanol–water partition coefficient (Wildman–Crippen LogP) is 5.24. The molecule has 0 bridgehead atoms. The Balaban J connectivity index is 1.72. The van der Waals surface area contributed by atoms with Gasteiger partial charge in [0.05, 0.1) is 33.0 Å². The number of fused-ring (bicyclic) bond motifs is 1. The van der Waals surface area contributed by atoms with Crippen molar-refractivity contribution in [2.45, 2.75) is 25.3 Å². The Kier molecular flexibility index (Phi) is 7.71. The van der Waals surface area contributed by atoms with Crippen LogP contribution in [-0.4, -0.2) is 32.1 Å². The highest BCUT2D eigenvalue weighted by atomic mass is 35.5. The fourth-order valence-electron chi connectivity index (χ4n) is 3.48. The molecule has 10 heteroatoms. The van der Waals surface area contributed by atoms with Crippen LogP contribution in [0.5, 0.6) is 0 Å². The maximum absolute atomic E-state index is 13.3. The lowest BCUT2D eigenvalue weighted by Gasteiger charge is -2.11. The van der Waals surface area contributed by atoms with Crippen LogP contribution in [-0.2, 0) is 21.3 Å². The van der Waals surface area contributed by atoms with Crippen LogP contribution >= 0.6 is 22.9 Å². The lowest BCUT2D eigenvalue weighted by molar-refractivity contribution is 0.0997. The van der Waals surface area contributed by atoms with Gasteiger partial charge in [0.2, 0.25) is 0 Å². The molecule has 0 aliphatic rings. The molecule has 0 aliphatic carbocycles. The van der Waals surface area contributed by atoms with Gasteiger partial charge in [-0.2, -0.15) is 4.99 Å². The highest BCUT2D eigenvalue weighted by Crippen LogP contribution is 2.24. The molecule has 0 aliphatic heterocycles. The van der Waals surface area contributed by atoms with E-state index in [1.54, 1.807) is 42.5 Å². The zero-order valence-corrected chi connectivity index (χ0v) is 21.6. The Morgan fingerprint density at radius 1 is 1.11 bits per heavy atom. The summed E-state index contributed by atoms with van der Waals surface area (Å²) in [5, 5.41) is 0.587. The lowest BCUT2D eigenvalue weighted by atomic mass is 10.2. The second-order valence-corrected chi connectivity index (χ2v) is 10.9. The quantitative estimate of drug-likeness (QED) is 0.316. The minimum Gasteiger partial charge on any atom is -0.380 e. The average Bonchev–Trinajstić information content (AvgIpc) is 3.15. The highest BCUT2D eigenvalue weighted by molar-refractivity contribution is 7.92. The number of sulfonamides is 1. The van der Waals surface area contributed by atoms with E-state index >= 15 is 0 Å². The third kappa shape index (κ3) is 5.82. The van der Waals surface area contributed by atoms with Crippen LogP contribution in [0, 0.1) is 6.92 Å². The number of carbonyl (C=O) groups excluding carboxylic acids is 1. The number of benzene rings is 3. The van der Waals surface area contributed by atoms with E-state index in [4.69, 9.17) is 16.3 Å². The Morgan fingerprint density at radius 3 is 2.60 bits per heavy atom. The molecule has 1 N–H and O–H groups in total. The van der Waals surface area contributed by atoms with Crippen LogP contribution in [0.4, 0.5) is 5.69 Å². The van der Waals surface area contributed by atoms with E-state index in [0.717, 1.165) is 15.8 Å². The summed E-state index contributed by atoms with van der Waals surface area (Å²) in [6, 6.07) is 18.4. The number of aromatic nitrogens is 1. The Bertz CT molecular complexity index is 1540. The molecule has 0 unspecified atom stereocenters. The molecule has 0 radical (unpaired) electrons. The number of nitrogens with one attached hydrogen (secondary N) is 1. The molecule has 0 atom stereocenters. The maximum Gasteiger partial charge on any atom is 0.281 e. The summed E-state index contributed by atoms with van der Waals surface area (Å²) in [7, 11) is -3.89. The van der Waals surface area contributed by atoms with Crippen molar-refractivity contribution < 1.29 is 17.9 Å². The molecule has 1 aromatic heterocycles. The van der Waals surface area contributed by atoms with Crippen molar-refractivity contribution in [3.05, 3.63) is 87.7 Å². The van der Waals surface area contributed by atoms with Gasteiger partial charge in [0.1, 0.15) is 0 Å². The number of aryl methyl sites for hydroxylation is 1. The molecule has 7 nitrogen and oxygen atoms in total. The number of rotatable bonds is 8. The van der Waals surface area contributed by atoms with Crippen molar-refractivity contribution in [3.63, 3.8) is 0 Å². The topological polar surface area (TPSA) is 89.8 Å². The lowest BCUT2D eigenvalue weighted by Crippen LogP contribution is -2.20. The van der Waals surface area contributed by atoms with Gasteiger partial charge in [-0.05, 0) is 56.3 Å². The first-order valence-corrected chi connectivity index (χ1v) is 13.6. The minimum atomic E-state index is -3.89. The number of anilines is 1. The first-order chi connectivity index (χ1) is 16.8. The van der Waals surface area contributed by atoms with Gasteiger partial charge in [-0.25, -0.2) is 8.42 Å². The van der Waals surface area contributed by atoms with Crippen LogP contribution in [0.2, 0.25) is 5.02 Å². The molecule has 182 valence electrons. The van der Waals surface area contributed by atoms with Gasteiger partial charge in [-0.1, -0.05) is 52.8 Å². The van der Waals surface area contributed by atoms with E-state index in [9.17, 15) is 13.2 Å². The number of hydrogen-bond acceptors (Lipinski definition) is 5. The molecule has 1 amide bonds. The maximum atomic E-state index is 13.3. The molecule has 0 spiro atoms. The number of carbonyl (C=O) groups is 1. The first kappa shape index (κ1) is 25.1. The fraction of sp³-hybridized carbons (Fsp3) is 0.200. The second kappa shape index (κ2) is 10.7. The number of hydrogen-bond donors (Lipinski definition) is 1.